The highest BCUT2D eigenvalue weighted by Crippen LogP contribution is 2.25. The summed E-state index contributed by atoms with van der Waals surface area (Å²) in [5, 5.41) is 3.52. The van der Waals surface area contributed by atoms with Crippen molar-refractivity contribution in [3.63, 3.8) is 0 Å². The Morgan fingerprint density at radius 3 is 2.67 bits per heavy atom. The van der Waals surface area contributed by atoms with E-state index in [1.54, 1.807) is 0 Å². The summed E-state index contributed by atoms with van der Waals surface area (Å²) < 4.78 is 11.6. The third-order valence-corrected chi connectivity index (χ3v) is 4.41. The lowest BCUT2D eigenvalue weighted by atomic mass is 9.89. The van der Waals surface area contributed by atoms with E-state index in [0.717, 1.165) is 25.7 Å². The molecule has 3 nitrogen and oxygen atoms in total. The molecule has 1 aliphatic carbocycles. The van der Waals surface area contributed by atoms with E-state index in [1.165, 1.54) is 38.5 Å². The molecule has 1 aliphatic heterocycles. The van der Waals surface area contributed by atoms with Crippen LogP contribution in [0.1, 0.15) is 52.4 Å². The van der Waals surface area contributed by atoms with Crippen molar-refractivity contribution in [2.45, 2.75) is 70.6 Å². The van der Waals surface area contributed by atoms with E-state index in [0.29, 0.717) is 18.2 Å². The van der Waals surface area contributed by atoms with Gasteiger partial charge in [-0.05, 0) is 51.4 Å². The monoisotopic (exact) mass is 255 g/mol. The minimum Gasteiger partial charge on any atom is -0.377 e. The van der Waals surface area contributed by atoms with E-state index in [-0.39, 0.29) is 0 Å². The summed E-state index contributed by atoms with van der Waals surface area (Å²) in [6, 6.07) is 0.461. The van der Waals surface area contributed by atoms with Crippen LogP contribution in [0.5, 0.6) is 0 Å². The zero-order chi connectivity index (χ0) is 12.8. The third kappa shape index (κ3) is 4.52. The Morgan fingerprint density at radius 1 is 1.22 bits per heavy atom. The van der Waals surface area contributed by atoms with E-state index in [9.17, 15) is 0 Å². The van der Waals surface area contributed by atoms with Crippen molar-refractivity contribution >= 4 is 0 Å². The smallest absolute Gasteiger partial charge is 0.0726 e. The molecule has 2 fully saturated rings. The average molecular weight is 255 g/mol. The van der Waals surface area contributed by atoms with Crippen molar-refractivity contribution in [3.05, 3.63) is 0 Å². The van der Waals surface area contributed by atoms with Gasteiger partial charge in [0.2, 0.25) is 0 Å². The first-order chi connectivity index (χ1) is 8.75. The van der Waals surface area contributed by atoms with E-state index < -0.39 is 0 Å². The van der Waals surface area contributed by atoms with Crippen molar-refractivity contribution in [1.82, 2.24) is 5.32 Å². The Hall–Kier alpha value is -0.120. The molecule has 0 bridgehead atoms. The molecule has 106 valence electrons. The molecule has 0 aromatic heterocycles. The van der Waals surface area contributed by atoms with Gasteiger partial charge >= 0.3 is 0 Å². The standard InChI is InChI=1S/C15H29NO2/c1-12-5-7-14(8-6-12)17-11-9-16-13(2)15-4-3-10-18-15/h12-16H,3-11H2,1-2H3. The second-order valence-electron chi connectivity index (χ2n) is 6.05. The molecule has 0 amide bonds. The van der Waals surface area contributed by atoms with Gasteiger partial charge < -0.3 is 14.8 Å². The van der Waals surface area contributed by atoms with Crippen LogP contribution < -0.4 is 5.32 Å². The van der Waals surface area contributed by atoms with Gasteiger partial charge in [0, 0.05) is 19.2 Å². The normalized spacial score (nSPS) is 34.7. The van der Waals surface area contributed by atoms with Crippen molar-refractivity contribution in [2.75, 3.05) is 19.8 Å². The topological polar surface area (TPSA) is 30.5 Å². The van der Waals surface area contributed by atoms with Crippen molar-refractivity contribution in [3.8, 4) is 0 Å². The first kappa shape index (κ1) is 14.3. The van der Waals surface area contributed by atoms with Crippen LogP contribution in [0.25, 0.3) is 0 Å². The van der Waals surface area contributed by atoms with Gasteiger partial charge in [-0.1, -0.05) is 6.92 Å². The molecule has 1 saturated carbocycles. The molecular formula is C15H29NO2. The molecule has 0 radical (unpaired) electrons. The van der Waals surface area contributed by atoms with Gasteiger partial charge in [-0.15, -0.1) is 0 Å². The second kappa shape index (κ2) is 7.46. The van der Waals surface area contributed by atoms with Crippen LogP contribution in [0.4, 0.5) is 0 Å². The quantitative estimate of drug-likeness (QED) is 0.740. The maximum Gasteiger partial charge on any atom is 0.0726 e. The first-order valence-electron chi connectivity index (χ1n) is 7.72. The molecular weight excluding hydrogens is 226 g/mol. The predicted octanol–water partition coefficient (Wildman–Crippen LogP) is 2.74. The lowest BCUT2D eigenvalue weighted by molar-refractivity contribution is 0.0176. The molecule has 1 heterocycles. The highest BCUT2D eigenvalue weighted by atomic mass is 16.5. The summed E-state index contributed by atoms with van der Waals surface area (Å²) in [4.78, 5) is 0. The van der Waals surface area contributed by atoms with Gasteiger partial charge in [-0.25, -0.2) is 0 Å². The lowest BCUT2D eigenvalue weighted by Gasteiger charge is -2.27. The fraction of sp³-hybridized carbons (Fsp3) is 1.00. The van der Waals surface area contributed by atoms with E-state index in [1.807, 2.05) is 0 Å². The van der Waals surface area contributed by atoms with Gasteiger partial charge in [0.25, 0.3) is 0 Å². The second-order valence-corrected chi connectivity index (χ2v) is 6.05. The Kier molecular flexibility index (Phi) is 5.93. The Labute approximate surface area is 112 Å². The predicted molar refractivity (Wildman–Crippen MR) is 73.8 cm³/mol. The van der Waals surface area contributed by atoms with Crippen molar-refractivity contribution in [1.29, 1.82) is 0 Å². The van der Waals surface area contributed by atoms with Gasteiger partial charge in [0.1, 0.15) is 0 Å². The number of ether oxygens (including phenoxy) is 2. The summed E-state index contributed by atoms with van der Waals surface area (Å²) in [5.41, 5.74) is 0. The highest BCUT2D eigenvalue weighted by Gasteiger charge is 2.22. The van der Waals surface area contributed by atoms with E-state index in [2.05, 4.69) is 19.2 Å². The number of hydrogen-bond donors (Lipinski definition) is 1. The molecule has 1 saturated heterocycles. The zero-order valence-electron chi connectivity index (χ0n) is 12.0. The fourth-order valence-electron chi connectivity index (χ4n) is 3.04. The van der Waals surface area contributed by atoms with Crippen LogP contribution in [0.3, 0.4) is 0 Å². The molecule has 0 aromatic rings. The summed E-state index contributed by atoms with van der Waals surface area (Å²) >= 11 is 0. The number of rotatable bonds is 6. The van der Waals surface area contributed by atoms with Gasteiger partial charge in [0.15, 0.2) is 0 Å². The largest absolute Gasteiger partial charge is 0.377 e. The van der Waals surface area contributed by atoms with Crippen LogP contribution in [-0.4, -0.2) is 38.0 Å². The molecule has 2 unspecified atom stereocenters. The lowest BCUT2D eigenvalue weighted by Crippen LogP contribution is -2.39. The molecule has 0 aromatic carbocycles. The SMILES string of the molecule is CC1CCC(OCCNC(C)C2CCCO2)CC1. The number of nitrogens with one attached hydrogen (secondary N) is 1. The molecule has 18 heavy (non-hydrogen) atoms. The van der Waals surface area contributed by atoms with Crippen LogP contribution in [0.15, 0.2) is 0 Å². The maximum absolute atomic E-state index is 5.94. The zero-order valence-corrected chi connectivity index (χ0v) is 12.0. The highest BCUT2D eigenvalue weighted by molar-refractivity contribution is 4.76. The third-order valence-electron chi connectivity index (χ3n) is 4.41. The molecule has 1 N–H and O–H groups in total. The first-order valence-corrected chi connectivity index (χ1v) is 7.72. The van der Waals surface area contributed by atoms with Crippen LogP contribution in [0, 0.1) is 5.92 Å². The molecule has 2 atom stereocenters. The van der Waals surface area contributed by atoms with Gasteiger partial charge in [-0.2, -0.15) is 0 Å². The van der Waals surface area contributed by atoms with Crippen molar-refractivity contribution in [2.24, 2.45) is 5.92 Å². The Bertz CT molecular complexity index is 221. The van der Waals surface area contributed by atoms with Crippen LogP contribution in [0.2, 0.25) is 0 Å². The maximum atomic E-state index is 5.94. The van der Waals surface area contributed by atoms with Crippen LogP contribution >= 0.6 is 0 Å². The molecule has 3 heteroatoms. The average Bonchev–Trinajstić information content (AvgIpc) is 2.90. The fourth-order valence-corrected chi connectivity index (χ4v) is 3.04. The number of hydrogen-bond acceptors (Lipinski definition) is 3. The molecule has 0 spiro atoms. The van der Waals surface area contributed by atoms with Crippen LogP contribution in [-0.2, 0) is 9.47 Å². The minimum absolute atomic E-state index is 0.417. The Balaban J connectivity index is 1.50. The summed E-state index contributed by atoms with van der Waals surface area (Å²) in [6.45, 7) is 7.30. The Morgan fingerprint density at radius 2 is 2.00 bits per heavy atom. The minimum atomic E-state index is 0.417. The molecule has 2 rings (SSSR count). The van der Waals surface area contributed by atoms with E-state index in [4.69, 9.17) is 9.47 Å². The summed E-state index contributed by atoms with van der Waals surface area (Å²) in [5.74, 6) is 0.905. The summed E-state index contributed by atoms with van der Waals surface area (Å²) in [6.07, 6.45) is 8.53. The van der Waals surface area contributed by atoms with Gasteiger partial charge in [0.05, 0.1) is 18.8 Å². The van der Waals surface area contributed by atoms with Gasteiger partial charge in [-0.3, -0.25) is 0 Å². The van der Waals surface area contributed by atoms with Crippen molar-refractivity contribution < 1.29 is 9.47 Å². The van der Waals surface area contributed by atoms with E-state index >= 15 is 0 Å². The summed E-state index contributed by atoms with van der Waals surface area (Å²) in [7, 11) is 0. The molecule has 2 aliphatic rings.